The fourth-order valence-corrected chi connectivity index (χ4v) is 6.35. The molecule has 4 aliphatic rings. The summed E-state index contributed by atoms with van der Waals surface area (Å²) < 4.78 is 5.68. The molecule has 1 spiro atoms. The third-order valence-electron chi connectivity index (χ3n) is 8.89. The Morgan fingerprint density at radius 1 is 1.13 bits per heavy atom. The molecule has 1 saturated heterocycles. The van der Waals surface area contributed by atoms with Crippen molar-refractivity contribution in [1.82, 2.24) is 25.3 Å². The van der Waals surface area contributed by atoms with Crippen LogP contribution in [0.5, 0.6) is 5.75 Å². The van der Waals surface area contributed by atoms with Gasteiger partial charge in [-0.1, -0.05) is 12.8 Å². The number of aromatic nitrogens is 2. The van der Waals surface area contributed by atoms with Gasteiger partial charge in [0.05, 0.1) is 24.4 Å². The lowest BCUT2D eigenvalue weighted by atomic mass is 10.0. The lowest BCUT2D eigenvalue weighted by Crippen LogP contribution is -2.52. The van der Waals surface area contributed by atoms with E-state index in [1.54, 1.807) is 30.6 Å². The summed E-state index contributed by atoms with van der Waals surface area (Å²) in [4.78, 5) is 42.0. The lowest BCUT2D eigenvalue weighted by molar-refractivity contribution is -0.123. The average Bonchev–Trinajstić information content (AvgIpc) is 3.38. The van der Waals surface area contributed by atoms with E-state index in [2.05, 4.69) is 37.6 Å². The maximum absolute atomic E-state index is 13.9. The molecule has 6 rings (SSSR count). The number of carbonyl (C=O) groups excluding carboxylic acids is 2. The van der Waals surface area contributed by atoms with Crippen LogP contribution in [0, 0.1) is 5.41 Å². The van der Waals surface area contributed by atoms with Crippen molar-refractivity contribution >= 4 is 29.0 Å². The molecule has 2 amide bonds. The number of nitrogens with zero attached hydrogens (tertiary/aromatic N) is 6. The second kappa shape index (κ2) is 10.3. The molecular formula is C28H38N8O3. The van der Waals surface area contributed by atoms with E-state index in [0.717, 1.165) is 62.6 Å². The largest absolute Gasteiger partial charge is 0.495 e. The van der Waals surface area contributed by atoms with Gasteiger partial charge in [-0.25, -0.2) is 15.0 Å². The Balaban J connectivity index is 1.20. The Morgan fingerprint density at radius 3 is 2.64 bits per heavy atom. The molecule has 0 radical (unpaired) electrons. The van der Waals surface area contributed by atoms with Crippen LogP contribution >= 0.6 is 0 Å². The summed E-state index contributed by atoms with van der Waals surface area (Å²) in [6.45, 7) is 4.03. The molecule has 208 valence electrons. The average molecular weight is 535 g/mol. The Kier molecular flexibility index (Phi) is 6.80. The van der Waals surface area contributed by atoms with Gasteiger partial charge in [0.1, 0.15) is 17.8 Å². The number of fused-ring (bicyclic) bond motifs is 1. The molecule has 0 bridgehead atoms. The molecule has 3 fully saturated rings. The van der Waals surface area contributed by atoms with E-state index in [1.165, 1.54) is 12.8 Å². The summed E-state index contributed by atoms with van der Waals surface area (Å²) in [5.41, 5.74) is 4.52. The number of ether oxygens (including phenoxy) is 1. The van der Waals surface area contributed by atoms with Gasteiger partial charge in [0.15, 0.2) is 5.82 Å². The van der Waals surface area contributed by atoms with Gasteiger partial charge in [-0.2, -0.15) is 0 Å². The Bertz CT molecular complexity index is 1240. The lowest BCUT2D eigenvalue weighted by Gasteiger charge is -2.32. The topological polar surface area (TPSA) is 106 Å². The number of rotatable bonds is 6. The van der Waals surface area contributed by atoms with E-state index in [0.29, 0.717) is 23.9 Å². The van der Waals surface area contributed by atoms with E-state index in [4.69, 9.17) is 4.74 Å². The number of amides is 2. The fraction of sp³-hybridized carbons (Fsp3) is 0.571. The molecule has 11 nitrogen and oxygen atoms in total. The summed E-state index contributed by atoms with van der Waals surface area (Å²) in [5, 5.41) is 5.54. The van der Waals surface area contributed by atoms with Crippen molar-refractivity contribution in [3.05, 3.63) is 36.3 Å². The van der Waals surface area contributed by atoms with E-state index >= 15 is 0 Å². The van der Waals surface area contributed by atoms with Gasteiger partial charge in [0, 0.05) is 57.4 Å². The molecule has 2 N–H and O–H groups in total. The van der Waals surface area contributed by atoms with Crippen LogP contribution in [0.1, 0.15) is 42.5 Å². The van der Waals surface area contributed by atoms with Crippen molar-refractivity contribution in [2.45, 2.75) is 44.2 Å². The highest BCUT2D eigenvalue weighted by Crippen LogP contribution is 2.54. The van der Waals surface area contributed by atoms with Gasteiger partial charge < -0.3 is 24.8 Å². The van der Waals surface area contributed by atoms with Gasteiger partial charge in [-0.05, 0) is 44.5 Å². The highest BCUT2D eigenvalue weighted by molar-refractivity contribution is 6.04. The molecule has 2 aliphatic carbocycles. The number of piperazine rings is 1. The second-order valence-corrected chi connectivity index (χ2v) is 11.4. The Labute approximate surface area is 229 Å². The molecule has 11 heteroatoms. The van der Waals surface area contributed by atoms with E-state index in [1.807, 2.05) is 24.2 Å². The summed E-state index contributed by atoms with van der Waals surface area (Å²) in [7, 11) is 5.51. The van der Waals surface area contributed by atoms with Gasteiger partial charge in [0.25, 0.3) is 5.91 Å². The van der Waals surface area contributed by atoms with Crippen LogP contribution in [0.15, 0.2) is 30.7 Å². The van der Waals surface area contributed by atoms with Gasteiger partial charge in [0.2, 0.25) is 5.91 Å². The minimum atomic E-state index is -0.569. The normalized spacial score (nSPS) is 25.9. The third-order valence-corrected chi connectivity index (χ3v) is 8.89. The Hall–Kier alpha value is -3.44. The van der Waals surface area contributed by atoms with E-state index in [-0.39, 0.29) is 17.9 Å². The molecule has 2 saturated carbocycles. The van der Waals surface area contributed by atoms with Crippen molar-refractivity contribution in [3.8, 4) is 5.75 Å². The van der Waals surface area contributed by atoms with Crippen LogP contribution in [0.25, 0.3) is 0 Å². The second-order valence-electron chi connectivity index (χ2n) is 11.4. The van der Waals surface area contributed by atoms with Crippen LogP contribution in [0.4, 0.5) is 17.2 Å². The van der Waals surface area contributed by atoms with Crippen LogP contribution in [-0.2, 0) is 4.79 Å². The SMILES string of the molecule is COc1cc(C(=O)NN2CCN(C)CC2)ccc1NC1CC12CN(C1CCCC1)c1ncncc1N(C)C2=O. The summed E-state index contributed by atoms with van der Waals surface area (Å²) in [5.74, 6) is 1.36. The number of carbonyl (C=O) groups is 2. The zero-order valence-corrected chi connectivity index (χ0v) is 23.0. The molecular weight excluding hydrogens is 496 g/mol. The number of methoxy groups -OCH3 is 1. The van der Waals surface area contributed by atoms with Gasteiger partial charge in [-0.15, -0.1) is 0 Å². The molecule has 3 heterocycles. The third kappa shape index (κ3) is 4.78. The van der Waals surface area contributed by atoms with Crippen LogP contribution in [0.2, 0.25) is 0 Å². The number of likely N-dealkylation sites (N-methyl/N-ethyl adjacent to an activating group) is 1. The molecule has 39 heavy (non-hydrogen) atoms. The van der Waals surface area contributed by atoms with Crippen LogP contribution in [-0.4, -0.2) is 97.7 Å². The van der Waals surface area contributed by atoms with Gasteiger partial charge >= 0.3 is 0 Å². The standard InChI is InChI=1S/C28H38N8O3/c1-33-10-12-35(13-11-33)32-26(37)19-8-9-21(23(14-19)39-3)31-24-15-28(24)17-36(20-6-4-5-7-20)25-22(16-29-18-30-25)34(2)27(28)38/h8-9,14,16,18,20,24,31H,4-7,10-13,15,17H2,1-3H3,(H,32,37). The highest BCUT2D eigenvalue weighted by atomic mass is 16.5. The predicted molar refractivity (Wildman–Crippen MR) is 149 cm³/mol. The van der Waals surface area contributed by atoms with Crippen molar-refractivity contribution in [1.29, 1.82) is 0 Å². The number of hydrazine groups is 1. The smallest absolute Gasteiger partial charge is 0.265 e. The summed E-state index contributed by atoms with van der Waals surface area (Å²) >= 11 is 0. The zero-order chi connectivity index (χ0) is 27.1. The van der Waals surface area contributed by atoms with Crippen molar-refractivity contribution < 1.29 is 14.3 Å². The monoisotopic (exact) mass is 534 g/mol. The number of hydrogen-bond donors (Lipinski definition) is 2. The molecule has 2 aromatic rings. The van der Waals surface area contributed by atoms with Crippen molar-refractivity contribution in [2.75, 3.05) is 69.0 Å². The maximum atomic E-state index is 13.9. The van der Waals surface area contributed by atoms with Crippen molar-refractivity contribution in [2.24, 2.45) is 5.41 Å². The molecule has 1 aromatic carbocycles. The summed E-state index contributed by atoms with van der Waals surface area (Å²) in [6, 6.07) is 5.77. The number of anilines is 3. The first kappa shape index (κ1) is 25.8. The molecule has 1 aromatic heterocycles. The van der Waals surface area contributed by atoms with Crippen LogP contribution in [0.3, 0.4) is 0 Å². The predicted octanol–water partition coefficient (Wildman–Crippen LogP) is 1.97. The fourth-order valence-electron chi connectivity index (χ4n) is 6.35. The first-order valence-electron chi connectivity index (χ1n) is 13.9. The maximum Gasteiger partial charge on any atom is 0.265 e. The molecule has 2 aliphatic heterocycles. The first-order valence-corrected chi connectivity index (χ1v) is 13.9. The quantitative estimate of drug-likeness (QED) is 0.575. The first-order chi connectivity index (χ1) is 18.9. The molecule has 2 atom stereocenters. The molecule has 2 unspecified atom stereocenters. The zero-order valence-electron chi connectivity index (χ0n) is 23.0. The Morgan fingerprint density at radius 2 is 1.90 bits per heavy atom. The van der Waals surface area contributed by atoms with Crippen molar-refractivity contribution in [3.63, 3.8) is 0 Å². The minimum Gasteiger partial charge on any atom is -0.495 e. The van der Waals surface area contributed by atoms with E-state index < -0.39 is 5.41 Å². The van der Waals surface area contributed by atoms with Gasteiger partial charge in [-0.3, -0.25) is 15.0 Å². The number of hydrogen-bond acceptors (Lipinski definition) is 9. The van der Waals surface area contributed by atoms with Crippen LogP contribution < -0.4 is 25.3 Å². The van der Waals surface area contributed by atoms with E-state index in [9.17, 15) is 9.59 Å². The minimum absolute atomic E-state index is 0.0578. The number of benzene rings is 1. The summed E-state index contributed by atoms with van der Waals surface area (Å²) in [6.07, 6.45) is 8.67. The highest BCUT2D eigenvalue weighted by Gasteiger charge is 2.64. The number of nitrogens with one attached hydrogen (secondary N) is 2.